The summed E-state index contributed by atoms with van der Waals surface area (Å²) in [5, 5.41) is 16.9. The molecule has 0 aliphatic heterocycles. The highest BCUT2D eigenvalue weighted by molar-refractivity contribution is 5.70. The van der Waals surface area contributed by atoms with Gasteiger partial charge in [-0.3, -0.25) is 4.79 Å². The third kappa shape index (κ3) is 2.96. The lowest BCUT2D eigenvalue weighted by atomic mass is 10.2. The van der Waals surface area contributed by atoms with E-state index in [2.05, 4.69) is 16.8 Å². The molecule has 4 nitrogen and oxygen atoms in total. The second kappa shape index (κ2) is 4.64. The van der Waals surface area contributed by atoms with Gasteiger partial charge in [-0.2, -0.15) is 5.26 Å². The minimum absolute atomic E-state index is 0.224. The van der Waals surface area contributed by atoms with Gasteiger partial charge < -0.3 is 5.11 Å². The Labute approximate surface area is 80.8 Å². The minimum Gasteiger partial charge on any atom is -0.481 e. The van der Waals surface area contributed by atoms with Crippen molar-refractivity contribution in [1.82, 2.24) is 4.98 Å². The van der Waals surface area contributed by atoms with E-state index in [1.165, 1.54) is 12.3 Å². The fourth-order valence-electron chi connectivity index (χ4n) is 0.779. The predicted molar refractivity (Wildman–Crippen MR) is 48.1 cm³/mol. The third-order valence-corrected chi connectivity index (χ3v) is 1.35. The van der Waals surface area contributed by atoms with Crippen molar-refractivity contribution in [1.29, 1.82) is 5.26 Å². The zero-order valence-electron chi connectivity index (χ0n) is 7.19. The van der Waals surface area contributed by atoms with Crippen LogP contribution in [-0.4, -0.2) is 16.1 Å². The molecular formula is C10H6N2O2. The van der Waals surface area contributed by atoms with Crippen molar-refractivity contribution < 1.29 is 9.90 Å². The summed E-state index contributed by atoms with van der Waals surface area (Å²) < 4.78 is 0. The molecule has 0 aromatic carbocycles. The van der Waals surface area contributed by atoms with Crippen molar-refractivity contribution in [2.45, 2.75) is 6.42 Å². The largest absolute Gasteiger partial charge is 0.481 e. The predicted octanol–water partition coefficient (Wildman–Crippen LogP) is 0.779. The van der Waals surface area contributed by atoms with Crippen molar-refractivity contribution in [2.24, 2.45) is 0 Å². The molecule has 1 heterocycles. The van der Waals surface area contributed by atoms with Gasteiger partial charge in [-0.15, -0.1) is 0 Å². The molecule has 0 aliphatic carbocycles. The van der Waals surface area contributed by atoms with Gasteiger partial charge in [-0.25, -0.2) is 4.98 Å². The highest BCUT2D eigenvalue weighted by Gasteiger charge is 1.93. The molecule has 0 saturated carbocycles. The van der Waals surface area contributed by atoms with Crippen LogP contribution in [0.25, 0.3) is 0 Å². The summed E-state index contributed by atoms with van der Waals surface area (Å²) in [7, 11) is 0. The standard InChI is InChI=1S/C10H6N2O2/c11-7-8-4-5-12-9(6-8)2-1-3-10(13)14/h4-6H,3H2,(H,13,14). The first-order valence-electron chi connectivity index (χ1n) is 3.79. The molecule has 0 bridgehead atoms. The van der Waals surface area contributed by atoms with Crippen LogP contribution in [-0.2, 0) is 4.79 Å². The van der Waals surface area contributed by atoms with Crippen molar-refractivity contribution in [3.8, 4) is 17.9 Å². The maximum absolute atomic E-state index is 10.1. The first-order valence-corrected chi connectivity index (χ1v) is 3.79. The fraction of sp³-hybridized carbons (Fsp3) is 0.100. The van der Waals surface area contributed by atoms with Gasteiger partial charge in [-0.05, 0) is 18.1 Å². The number of nitrogens with zero attached hydrogens (tertiary/aromatic N) is 2. The van der Waals surface area contributed by atoms with Gasteiger partial charge in [0.2, 0.25) is 0 Å². The summed E-state index contributed by atoms with van der Waals surface area (Å²) in [6.07, 6.45) is 1.24. The number of rotatable bonds is 1. The van der Waals surface area contributed by atoms with E-state index in [9.17, 15) is 4.79 Å². The Morgan fingerprint density at radius 2 is 2.43 bits per heavy atom. The van der Waals surface area contributed by atoms with E-state index >= 15 is 0 Å². The molecule has 14 heavy (non-hydrogen) atoms. The van der Waals surface area contributed by atoms with Crippen LogP contribution in [0.3, 0.4) is 0 Å². The molecule has 1 aromatic heterocycles. The van der Waals surface area contributed by atoms with Crippen LogP contribution in [0.1, 0.15) is 17.7 Å². The molecule has 0 fully saturated rings. The van der Waals surface area contributed by atoms with Crippen molar-refractivity contribution in [3.05, 3.63) is 29.6 Å². The van der Waals surface area contributed by atoms with E-state index in [0.717, 1.165) is 0 Å². The molecule has 0 radical (unpaired) electrons. The molecule has 0 spiro atoms. The first-order chi connectivity index (χ1) is 6.72. The first kappa shape index (κ1) is 9.76. The van der Waals surface area contributed by atoms with E-state index in [0.29, 0.717) is 11.3 Å². The van der Waals surface area contributed by atoms with E-state index in [1.54, 1.807) is 6.07 Å². The van der Waals surface area contributed by atoms with E-state index < -0.39 is 5.97 Å². The number of hydrogen-bond donors (Lipinski definition) is 1. The Morgan fingerprint density at radius 3 is 3.07 bits per heavy atom. The number of carboxylic acid groups (broad SMARTS) is 1. The monoisotopic (exact) mass is 186 g/mol. The summed E-state index contributed by atoms with van der Waals surface area (Å²) in [6.45, 7) is 0. The molecule has 1 N–H and O–H groups in total. The van der Waals surface area contributed by atoms with Gasteiger partial charge >= 0.3 is 5.97 Å². The van der Waals surface area contributed by atoms with E-state index in [1.807, 2.05) is 6.07 Å². The average molecular weight is 186 g/mol. The molecule has 0 unspecified atom stereocenters. The zero-order chi connectivity index (χ0) is 10.4. The van der Waals surface area contributed by atoms with Crippen LogP contribution in [0.2, 0.25) is 0 Å². The van der Waals surface area contributed by atoms with Crippen molar-refractivity contribution in [2.75, 3.05) is 0 Å². The Morgan fingerprint density at radius 1 is 1.64 bits per heavy atom. The van der Waals surface area contributed by atoms with Gasteiger partial charge in [-0.1, -0.05) is 5.92 Å². The Hall–Kier alpha value is -2.33. The number of pyridine rings is 1. The molecule has 0 atom stereocenters. The highest BCUT2D eigenvalue weighted by atomic mass is 16.4. The summed E-state index contributed by atoms with van der Waals surface area (Å²) in [4.78, 5) is 14.0. The molecule has 68 valence electrons. The van der Waals surface area contributed by atoms with Gasteiger partial charge in [0.1, 0.15) is 12.1 Å². The maximum Gasteiger partial charge on any atom is 0.315 e. The van der Waals surface area contributed by atoms with Crippen LogP contribution >= 0.6 is 0 Å². The number of aromatic nitrogens is 1. The summed E-state index contributed by atoms with van der Waals surface area (Å²) >= 11 is 0. The highest BCUT2D eigenvalue weighted by Crippen LogP contribution is 1.98. The van der Waals surface area contributed by atoms with Gasteiger partial charge in [0.25, 0.3) is 0 Å². The van der Waals surface area contributed by atoms with Gasteiger partial charge in [0.15, 0.2) is 0 Å². The van der Waals surface area contributed by atoms with Crippen LogP contribution in [0.5, 0.6) is 0 Å². The summed E-state index contributed by atoms with van der Waals surface area (Å²) in [6, 6.07) is 5.01. The quantitative estimate of drug-likeness (QED) is 0.657. The Kier molecular flexibility index (Phi) is 3.23. The molecular weight excluding hydrogens is 180 g/mol. The summed E-state index contributed by atoms with van der Waals surface area (Å²) in [5.41, 5.74) is 0.866. The molecule has 0 saturated heterocycles. The Bertz CT molecular complexity index is 449. The van der Waals surface area contributed by atoms with Gasteiger partial charge in [0, 0.05) is 6.20 Å². The number of hydrogen-bond acceptors (Lipinski definition) is 3. The number of carbonyl (C=O) groups is 1. The zero-order valence-corrected chi connectivity index (χ0v) is 7.19. The molecule has 0 aliphatic rings. The smallest absolute Gasteiger partial charge is 0.315 e. The Balaban J connectivity index is 2.80. The minimum atomic E-state index is -0.978. The normalized spacial score (nSPS) is 8.21. The lowest BCUT2D eigenvalue weighted by molar-refractivity contribution is -0.135. The molecule has 1 aromatic rings. The lowest BCUT2D eigenvalue weighted by Gasteiger charge is -1.88. The van der Waals surface area contributed by atoms with Crippen LogP contribution < -0.4 is 0 Å². The lowest BCUT2D eigenvalue weighted by Crippen LogP contribution is -1.90. The molecule has 4 heteroatoms. The van der Waals surface area contributed by atoms with Crippen molar-refractivity contribution >= 4 is 5.97 Å². The second-order valence-electron chi connectivity index (χ2n) is 2.41. The SMILES string of the molecule is N#Cc1ccnc(C#CCC(=O)O)c1. The van der Waals surface area contributed by atoms with Crippen LogP contribution in [0, 0.1) is 23.2 Å². The van der Waals surface area contributed by atoms with Crippen molar-refractivity contribution in [3.63, 3.8) is 0 Å². The van der Waals surface area contributed by atoms with E-state index in [-0.39, 0.29) is 6.42 Å². The fourth-order valence-corrected chi connectivity index (χ4v) is 0.779. The topological polar surface area (TPSA) is 74.0 Å². The number of carboxylic acids is 1. The molecule has 0 amide bonds. The van der Waals surface area contributed by atoms with E-state index in [4.69, 9.17) is 10.4 Å². The maximum atomic E-state index is 10.1. The number of nitriles is 1. The van der Waals surface area contributed by atoms with Crippen LogP contribution in [0.4, 0.5) is 0 Å². The van der Waals surface area contributed by atoms with Gasteiger partial charge in [0.05, 0.1) is 11.6 Å². The third-order valence-electron chi connectivity index (χ3n) is 1.35. The summed E-state index contributed by atoms with van der Waals surface area (Å²) in [5.74, 6) is 4.01. The number of aliphatic carboxylic acids is 1. The average Bonchev–Trinajstić information content (AvgIpc) is 2.18. The second-order valence-corrected chi connectivity index (χ2v) is 2.41. The van der Waals surface area contributed by atoms with Crippen LogP contribution in [0.15, 0.2) is 18.3 Å². The molecule has 1 rings (SSSR count).